The van der Waals surface area contributed by atoms with E-state index in [1.807, 2.05) is 49.3 Å². The number of hydrogen-bond donors (Lipinski definition) is 2. The van der Waals surface area contributed by atoms with Crippen molar-refractivity contribution in [1.82, 2.24) is 20.4 Å². The number of nitrogens with one attached hydrogen (secondary N) is 2. The number of halogens is 1. The van der Waals surface area contributed by atoms with Crippen LogP contribution in [0, 0.1) is 5.82 Å². The first kappa shape index (κ1) is 28.3. The van der Waals surface area contributed by atoms with Gasteiger partial charge in [0.2, 0.25) is 5.91 Å². The van der Waals surface area contributed by atoms with E-state index in [9.17, 15) is 18.8 Å². The van der Waals surface area contributed by atoms with E-state index in [1.54, 1.807) is 17.0 Å². The molecule has 0 bridgehead atoms. The number of rotatable bonds is 13. The fourth-order valence-corrected chi connectivity index (χ4v) is 3.95. The Hall–Kier alpha value is -2.91. The van der Waals surface area contributed by atoms with E-state index >= 15 is 0 Å². The second kappa shape index (κ2) is 15.2. The lowest BCUT2D eigenvalue weighted by Crippen LogP contribution is -2.53. The Bertz CT molecular complexity index is 941. The number of likely N-dealkylation sites (N-methyl/N-ethyl adjacent to an activating group) is 1. The third-order valence-electron chi connectivity index (χ3n) is 5.29. The third kappa shape index (κ3) is 11.4. The minimum Gasteiger partial charge on any atom is -0.353 e. The smallest absolute Gasteiger partial charge is 0.318 e. The van der Waals surface area contributed by atoms with Crippen molar-refractivity contribution in [2.24, 2.45) is 0 Å². The summed E-state index contributed by atoms with van der Waals surface area (Å²) in [5.74, 6) is -0.194. The van der Waals surface area contributed by atoms with Crippen LogP contribution in [0.2, 0.25) is 0 Å². The molecule has 0 aliphatic heterocycles. The number of thioether (sulfide) groups is 1. The molecule has 0 aliphatic rings. The second-order valence-corrected chi connectivity index (χ2v) is 9.76. The number of hydrogen-bond acceptors (Lipinski definition) is 5. The molecule has 0 spiro atoms. The summed E-state index contributed by atoms with van der Waals surface area (Å²) in [6, 6.07) is 14.5. The average Bonchev–Trinajstić information content (AvgIpc) is 2.82. The van der Waals surface area contributed by atoms with Crippen molar-refractivity contribution in [3.63, 3.8) is 0 Å². The molecule has 2 rings (SSSR count). The standard InChI is InChI=1S/C26H35FN4O3S/c1-20(32)35-18-17-31(15-13-21-7-5-4-6-8-21)26(34)29-24(25(33)28-14-16-30(2)3)19-22-9-11-23(27)12-10-22/h4-12,24H,13-19H2,1-3H3,(H,28,33)(H,29,34). The molecule has 0 heterocycles. The molecule has 7 nitrogen and oxygen atoms in total. The minimum absolute atomic E-state index is 0.0112. The van der Waals surface area contributed by atoms with Crippen molar-refractivity contribution in [1.29, 1.82) is 0 Å². The molecular weight excluding hydrogens is 467 g/mol. The van der Waals surface area contributed by atoms with Gasteiger partial charge < -0.3 is 20.4 Å². The maximum absolute atomic E-state index is 13.4. The molecule has 2 aromatic carbocycles. The van der Waals surface area contributed by atoms with Crippen molar-refractivity contribution < 1.29 is 18.8 Å². The molecule has 1 atom stereocenters. The number of carbonyl (C=O) groups excluding carboxylic acids is 3. The van der Waals surface area contributed by atoms with Gasteiger partial charge in [-0.15, -0.1) is 0 Å². The van der Waals surface area contributed by atoms with Crippen molar-refractivity contribution in [2.45, 2.75) is 25.8 Å². The highest BCUT2D eigenvalue weighted by atomic mass is 32.2. The zero-order valence-corrected chi connectivity index (χ0v) is 21.4. The lowest BCUT2D eigenvalue weighted by atomic mass is 10.1. The Morgan fingerprint density at radius 2 is 1.63 bits per heavy atom. The predicted molar refractivity (Wildman–Crippen MR) is 139 cm³/mol. The first-order chi connectivity index (χ1) is 16.7. The number of amides is 3. The molecule has 9 heteroatoms. The molecule has 0 saturated heterocycles. The predicted octanol–water partition coefficient (Wildman–Crippen LogP) is 2.95. The van der Waals surface area contributed by atoms with Crippen molar-refractivity contribution in [3.05, 3.63) is 71.5 Å². The first-order valence-electron chi connectivity index (χ1n) is 11.6. The fraction of sp³-hybridized carbons (Fsp3) is 0.423. The molecule has 0 radical (unpaired) electrons. The van der Waals surface area contributed by atoms with Crippen LogP contribution >= 0.6 is 11.8 Å². The Kier molecular flexibility index (Phi) is 12.3. The zero-order chi connectivity index (χ0) is 25.6. The molecule has 2 aromatic rings. The summed E-state index contributed by atoms with van der Waals surface area (Å²) in [7, 11) is 3.82. The van der Waals surface area contributed by atoms with Gasteiger partial charge in [-0.1, -0.05) is 54.2 Å². The number of benzene rings is 2. The van der Waals surface area contributed by atoms with Gasteiger partial charge in [-0.05, 0) is 43.8 Å². The number of nitrogens with zero attached hydrogens (tertiary/aromatic N) is 2. The fourth-order valence-electron chi connectivity index (χ4n) is 3.35. The van der Waals surface area contributed by atoms with Gasteiger partial charge in [0.1, 0.15) is 11.9 Å². The van der Waals surface area contributed by atoms with Gasteiger partial charge >= 0.3 is 6.03 Å². The molecule has 1 unspecified atom stereocenters. The van der Waals surface area contributed by atoms with E-state index in [-0.39, 0.29) is 29.3 Å². The summed E-state index contributed by atoms with van der Waals surface area (Å²) in [5, 5.41) is 5.72. The highest BCUT2D eigenvalue weighted by molar-refractivity contribution is 8.13. The maximum Gasteiger partial charge on any atom is 0.318 e. The van der Waals surface area contributed by atoms with Crippen LogP contribution in [0.1, 0.15) is 18.1 Å². The molecule has 0 aliphatic carbocycles. The molecule has 0 fully saturated rings. The summed E-state index contributed by atoms with van der Waals surface area (Å²) >= 11 is 1.16. The Morgan fingerprint density at radius 3 is 2.26 bits per heavy atom. The molecule has 35 heavy (non-hydrogen) atoms. The Balaban J connectivity index is 2.11. The highest BCUT2D eigenvalue weighted by Crippen LogP contribution is 2.09. The van der Waals surface area contributed by atoms with E-state index in [4.69, 9.17) is 0 Å². The van der Waals surface area contributed by atoms with E-state index in [0.717, 1.165) is 22.9 Å². The maximum atomic E-state index is 13.4. The quantitative estimate of drug-likeness (QED) is 0.440. The van der Waals surface area contributed by atoms with Gasteiger partial charge in [0, 0.05) is 45.3 Å². The van der Waals surface area contributed by atoms with Crippen molar-refractivity contribution in [2.75, 3.05) is 46.0 Å². The topological polar surface area (TPSA) is 81.8 Å². The van der Waals surface area contributed by atoms with Crippen LogP contribution in [0.15, 0.2) is 54.6 Å². The monoisotopic (exact) mass is 502 g/mol. The van der Waals surface area contributed by atoms with Gasteiger partial charge in [-0.2, -0.15) is 0 Å². The van der Waals surface area contributed by atoms with Crippen LogP contribution in [0.25, 0.3) is 0 Å². The molecule has 2 N–H and O–H groups in total. The molecule has 0 saturated carbocycles. The average molecular weight is 503 g/mol. The van der Waals surface area contributed by atoms with E-state index in [0.29, 0.717) is 38.4 Å². The number of urea groups is 1. The van der Waals surface area contributed by atoms with Gasteiger partial charge in [0.15, 0.2) is 5.12 Å². The molecular formula is C26H35FN4O3S. The summed E-state index contributed by atoms with van der Waals surface area (Å²) < 4.78 is 13.4. The SMILES string of the molecule is CC(=O)SCCN(CCc1ccccc1)C(=O)NC(Cc1ccc(F)cc1)C(=O)NCCN(C)C. The summed E-state index contributed by atoms with van der Waals surface area (Å²) in [4.78, 5) is 41.2. The lowest BCUT2D eigenvalue weighted by molar-refractivity contribution is -0.123. The van der Waals surface area contributed by atoms with E-state index in [1.165, 1.54) is 19.1 Å². The first-order valence-corrected chi connectivity index (χ1v) is 12.6. The normalized spacial score (nSPS) is 11.7. The van der Waals surface area contributed by atoms with E-state index in [2.05, 4.69) is 10.6 Å². The highest BCUT2D eigenvalue weighted by Gasteiger charge is 2.24. The van der Waals surface area contributed by atoms with Gasteiger partial charge in [-0.3, -0.25) is 9.59 Å². The van der Waals surface area contributed by atoms with Crippen LogP contribution in [-0.2, 0) is 22.4 Å². The second-order valence-electron chi connectivity index (χ2n) is 8.49. The molecule has 0 aromatic heterocycles. The molecule has 190 valence electrons. The Labute approximate surface area is 211 Å². The van der Waals surface area contributed by atoms with Gasteiger partial charge in [0.05, 0.1) is 0 Å². The van der Waals surface area contributed by atoms with E-state index < -0.39 is 6.04 Å². The summed E-state index contributed by atoms with van der Waals surface area (Å²) in [6.45, 7) is 3.41. The minimum atomic E-state index is -0.824. The summed E-state index contributed by atoms with van der Waals surface area (Å²) in [6.07, 6.45) is 0.880. The van der Waals surface area contributed by atoms with Crippen LogP contribution < -0.4 is 10.6 Å². The van der Waals surface area contributed by atoms with Crippen LogP contribution in [-0.4, -0.2) is 78.9 Å². The van der Waals surface area contributed by atoms with Crippen LogP contribution in [0.3, 0.4) is 0 Å². The van der Waals surface area contributed by atoms with Gasteiger partial charge in [-0.25, -0.2) is 9.18 Å². The van der Waals surface area contributed by atoms with Crippen molar-refractivity contribution in [3.8, 4) is 0 Å². The van der Waals surface area contributed by atoms with Gasteiger partial charge in [0.25, 0.3) is 0 Å². The zero-order valence-electron chi connectivity index (χ0n) is 20.6. The third-order valence-corrected chi connectivity index (χ3v) is 6.09. The van der Waals surface area contributed by atoms with Crippen LogP contribution in [0.5, 0.6) is 0 Å². The summed E-state index contributed by atoms with van der Waals surface area (Å²) in [5.41, 5.74) is 1.83. The largest absolute Gasteiger partial charge is 0.353 e. The van der Waals surface area contributed by atoms with Crippen LogP contribution in [0.4, 0.5) is 9.18 Å². The number of carbonyl (C=O) groups is 3. The van der Waals surface area contributed by atoms with Crippen molar-refractivity contribution >= 4 is 28.8 Å². The Morgan fingerprint density at radius 1 is 0.943 bits per heavy atom. The lowest BCUT2D eigenvalue weighted by Gasteiger charge is -2.26. The molecule has 3 amide bonds.